The van der Waals surface area contributed by atoms with Gasteiger partial charge in [-0.3, -0.25) is 9.36 Å². The Morgan fingerprint density at radius 3 is 1.31 bits per heavy atom. The highest BCUT2D eigenvalue weighted by Gasteiger charge is 2.24. The predicted octanol–water partition coefficient (Wildman–Crippen LogP) is 16.0. The Morgan fingerprint density at radius 2 is 0.897 bits per heavy atom. The predicted molar refractivity (Wildman–Crippen MR) is 293 cm³/mol. The van der Waals surface area contributed by atoms with E-state index in [0.29, 0.717) is 23.9 Å². The number of carbonyl (C=O) groups is 1. The molecule has 0 heterocycles. The van der Waals surface area contributed by atoms with E-state index in [2.05, 4.69) is 116 Å². The quantitative estimate of drug-likeness (QED) is 0.0272. The second kappa shape index (κ2) is 49.4. The lowest BCUT2D eigenvalue weighted by Gasteiger charge is -2.30. The van der Waals surface area contributed by atoms with Crippen LogP contribution in [0.3, 0.4) is 0 Å². The molecule has 0 aliphatic carbocycles. The first-order valence-electron chi connectivity index (χ1n) is 27.6. The molecular formula is C59H105N2O6P. The number of phosphoric ester groups is 1. The van der Waals surface area contributed by atoms with Crippen LogP contribution in [-0.4, -0.2) is 68.5 Å². The first-order chi connectivity index (χ1) is 33.0. The number of hydrogen-bond donors (Lipinski definition) is 2. The Morgan fingerprint density at radius 1 is 0.529 bits per heavy atom. The molecule has 0 rings (SSSR count). The number of likely N-dealkylation sites (N-methyl/N-ethyl adjacent to an activating group) is 1. The maximum absolute atomic E-state index is 12.9. The zero-order chi connectivity index (χ0) is 49.9. The van der Waals surface area contributed by atoms with Crippen molar-refractivity contribution in [2.75, 3.05) is 40.9 Å². The van der Waals surface area contributed by atoms with Gasteiger partial charge in [-0.15, -0.1) is 0 Å². The highest BCUT2D eigenvalue weighted by atomic mass is 31.2. The van der Waals surface area contributed by atoms with Crippen LogP contribution in [0.1, 0.15) is 219 Å². The van der Waals surface area contributed by atoms with Crippen molar-refractivity contribution in [3.05, 3.63) is 97.2 Å². The second-order valence-electron chi connectivity index (χ2n) is 19.6. The first-order valence-corrected chi connectivity index (χ1v) is 29.0. The van der Waals surface area contributed by atoms with E-state index in [1.165, 1.54) is 103 Å². The van der Waals surface area contributed by atoms with E-state index in [9.17, 15) is 19.4 Å². The SMILES string of the molecule is CC/C=C\C/C=C\C/C=C\C/C=C\C/C=C\C/C=C\C/C=C\C/C=C\CCCCCCCCCCCCCCC(=O)NC(COP(=O)([O-])OCC[N+](C)(C)C)C(O)CCCCCCCCCCC. The van der Waals surface area contributed by atoms with Gasteiger partial charge in [-0.25, -0.2) is 0 Å². The van der Waals surface area contributed by atoms with Crippen LogP contribution in [0.25, 0.3) is 0 Å². The Bertz CT molecular complexity index is 1420. The monoisotopic (exact) mass is 969 g/mol. The summed E-state index contributed by atoms with van der Waals surface area (Å²) in [6, 6.07) is -0.804. The molecule has 3 atom stereocenters. The molecule has 0 aliphatic heterocycles. The third kappa shape index (κ3) is 51.3. The van der Waals surface area contributed by atoms with E-state index < -0.39 is 20.0 Å². The summed E-state index contributed by atoms with van der Waals surface area (Å²) in [6.45, 7) is 4.57. The van der Waals surface area contributed by atoms with Gasteiger partial charge in [0.15, 0.2) is 0 Å². The van der Waals surface area contributed by atoms with Crippen molar-refractivity contribution in [1.82, 2.24) is 5.32 Å². The molecule has 0 aromatic carbocycles. The fraction of sp³-hybridized carbons (Fsp3) is 0.712. The van der Waals surface area contributed by atoms with Crippen LogP contribution in [0.5, 0.6) is 0 Å². The topological polar surface area (TPSA) is 108 Å². The standard InChI is InChI=1S/C59H105N2O6P/c1-6-8-10-12-14-16-17-18-19-20-21-22-23-24-25-26-27-28-29-30-31-32-33-34-35-36-37-38-39-40-41-42-43-45-47-49-51-53-59(63)60-57(56-67-68(64,65)66-55-54-61(3,4)5)58(62)52-50-48-46-44-15-13-11-9-7-2/h8,10,14,16,18-19,21-22,24-25,27-28,30-31,33-34,57-58,62H,6-7,9,11-13,15,17,20,23,26,29,32,35-56H2,1-5H3,(H-,60,63,64,65)/b10-8-,16-14-,19-18-,22-21-,25-24-,28-27-,31-30-,34-33-. The normalized spacial score (nSPS) is 14.8. The van der Waals surface area contributed by atoms with Crippen LogP contribution in [-0.2, 0) is 18.4 Å². The van der Waals surface area contributed by atoms with Crippen LogP contribution >= 0.6 is 7.82 Å². The fourth-order valence-corrected chi connectivity index (χ4v) is 8.25. The van der Waals surface area contributed by atoms with Gasteiger partial charge in [-0.1, -0.05) is 233 Å². The number of nitrogens with zero attached hydrogens (tertiary/aromatic N) is 1. The molecule has 0 aromatic rings. The number of nitrogens with one attached hydrogen (secondary N) is 1. The van der Waals surface area contributed by atoms with E-state index >= 15 is 0 Å². The molecule has 0 saturated carbocycles. The summed E-state index contributed by atoms with van der Waals surface area (Å²) in [7, 11) is 1.29. The number of allylic oxidation sites excluding steroid dienone is 16. The number of amides is 1. The van der Waals surface area contributed by atoms with Gasteiger partial charge in [0.2, 0.25) is 5.91 Å². The fourth-order valence-electron chi connectivity index (χ4n) is 7.53. The van der Waals surface area contributed by atoms with Crippen LogP contribution in [0.15, 0.2) is 97.2 Å². The van der Waals surface area contributed by atoms with Gasteiger partial charge in [0, 0.05) is 6.42 Å². The maximum Gasteiger partial charge on any atom is 0.268 e. The summed E-state index contributed by atoms with van der Waals surface area (Å²) >= 11 is 0. The molecule has 3 unspecified atom stereocenters. The van der Waals surface area contributed by atoms with Crippen LogP contribution in [0, 0.1) is 0 Å². The zero-order valence-electron chi connectivity index (χ0n) is 44.5. The summed E-state index contributed by atoms with van der Waals surface area (Å²) in [5.74, 6) is -0.173. The molecule has 0 fully saturated rings. The van der Waals surface area contributed by atoms with Gasteiger partial charge in [-0.05, 0) is 77.0 Å². The molecule has 68 heavy (non-hydrogen) atoms. The number of hydrogen-bond acceptors (Lipinski definition) is 6. The molecule has 392 valence electrons. The zero-order valence-corrected chi connectivity index (χ0v) is 45.4. The van der Waals surface area contributed by atoms with Crippen molar-refractivity contribution in [2.45, 2.75) is 231 Å². The molecule has 0 radical (unpaired) electrons. The van der Waals surface area contributed by atoms with Crippen molar-refractivity contribution in [3.63, 3.8) is 0 Å². The maximum atomic E-state index is 12.9. The van der Waals surface area contributed by atoms with Crippen molar-refractivity contribution < 1.29 is 32.9 Å². The summed E-state index contributed by atoms with van der Waals surface area (Å²) in [4.78, 5) is 25.4. The Balaban J connectivity index is 3.99. The van der Waals surface area contributed by atoms with Gasteiger partial charge in [0.05, 0.1) is 39.9 Å². The Hall–Kier alpha value is -2.58. The number of rotatable bonds is 49. The molecule has 1 amide bonds. The minimum Gasteiger partial charge on any atom is -0.756 e. The molecule has 0 aliphatic rings. The van der Waals surface area contributed by atoms with Gasteiger partial charge in [0.1, 0.15) is 13.2 Å². The van der Waals surface area contributed by atoms with Crippen LogP contribution < -0.4 is 10.2 Å². The van der Waals surface area contributed by atoms with Crippen molar-refractivity contribution in [3.8, 4) is 0 Å². The molecule has 0 bridgehead atoms. The first kappa shape index (κ1) is 65.4. The lowest BCUT2D eigenvalue weighted by atomic mass is 10.0. The van der Waals surface area contributed by atoms with Crippen molar-refractivity contribution in [1.29, 1.82) is 0 Å². The molecule has 0 saturated heterocycles. The number of quaternary nitrogens is 1. The lowest BCUT2D eigenvalue weighted by molar-refractivity contribution is -0.870. The molecule has 9 heteroatoms. The van der Waals surface area contributed by atoms with Crippen molar-refractivity contribution in [2.24, 2.45) is 0 Å². The summed E-state index contributed by atoms with van der Waals surface area (Å²) in [6.07, 6.45) is 70.2. The third-order valence-electron chi connectivity index (χ3n) is 11.8. The van der Waals surface area contributed by atoms with Crippen molar-refractivity contribution >= 4 is 13.7 Å². The number of unbranched alkanes of at least 4 members (excludes halogenated alkanes) is 20. The van der Waals surface area contributed by atoms with Gasteiger partial charge in [-0.2, -0.15) is 0 Å². The van der Waals surface area contributed by atoms with E-state index in [-0.39, 0.29) is 19.1 Å². The number of carbonyl (C=O) groups excluding carboxylic acids is 1. The number of aliphatic hydroxyl groups is 1. The van der Waals surface area contributed by atoms with Gasteiger partial charge < -0.3 is 28.8 Å². The molecule has 0 aromatic heterocycles. The van der Waals surface area contributed by atoms with Gasteiger partial charge >= 0.3 is 0 Å². The third-order valence-corrected chi connectivity index (χ3v) is 12.8. The number of aliphatic hydroxyl groups excluding tert-OH is 1. The minimum absolute atomic E-state index is 0.00805. The molecule has 8 nitrogen and oxygen atoms in total. The highest BCUT2D eigenvalue weighted by Crippen LogP contribution is 2.38. The summed E-state index contributed by atoms with van der Waals surface area (Å²) in [5.41, 5.74) is 0. The van der Waals surface area contributed by atoms with E-state index in [4.69, 9.17) is 9.05 Å². The lowest BCUT2D eigenvalue weighted by Crippen LogP contribution is -2.46. The minimum atomic E-state index is -4.57. The highest BCUT2D eigenvalue weighted by molar-refractivity contribution is 7.45. The van der Waals surface area contributed by atoms with Crippen LogP contribution in [0.2, 0.25) is 0 Å². The average molecular weight is 969 g/mol. The van der Waals surface area contributed by atoms with E-state index in [1.54, 1.807) is 0 Å². The molecule has 2 N–H and O–H groups in total. The van der Waals surface area contributed by atoms with E-state index in [1.807, 2.05) is 21.1 Å². The summed E-state index contributed by atoms with van der Waals surface area (Å²) in [5, 5.41) is 13.9. The summed E-state index contributed by atoms with van der Waals surface area (Å²) < 4.78 is 23.3. The van der Waals surface area contributed by atoms with Crippen LogP contribution in [0.4, 0.5) is 0 Å². The molecular weight excluding hydrogens is 864 g/mol. The second-order valence-corrected chi connectivity index (χ2v) is 21.0. The Kier molecular flexibility index (Phi) is 47.5. The number of phosphoric acid groups is 1. The average Bonchev–Trinajstić information content (AvgIpc) is 3.30. The Labute approximate surface area is 419 Å². The van der Waals surface area contributed by atoms with Gasteiger partial charge in [0.25, 0.3) is 7.82 Å². The molecule has 0 spiro atoms. The van der Waals surface area contributed by atoms with E-state index in [0.717, 1.165) is 89.9 Å². The smallest absolute Gasteiger partial charge is 0.268 e. The largest absolute Gasteiger partial charge is 0.756 e.